The highest BCUT2D eigenvalue weighted by Crippen LogP contribution is 2.35. The van der Waals surface area contributed by atoms with Crippen LogP contribution in [0.15, 0.2) is 24.5 Å². The van der Waals surface area contributed by atoms with Crippen LogP contribution in [0.1, 0.15) is 44.0 Å². The number of benzene rings is 1. The second kappa shape index (κ2) is 7.62. The lowest BCUT2D eigenvalue weighted by Crippen LogP contribution is -2.26. The van der Waals surface area contributed by atoms with Crippen LogP contribution in [0.5, 0.6) is 5.75 Å². The number of methoxy groups -OCH3 is 1. The van der Waals surface area contributed by atoms with Crippen molar-refractivity contribution in [1.29, 1.82) is 0 Å². The molecule has 152 valence electrons. The quantitative estimate of drug-likeness (QED) is 0.482. The molecule has 0 atom stereocenters. The number of carbonyl (C=O) groups is 2. The van der Waals surface area contributed by atoms with E-state index in [4.69, 9.17) is 9.47 Å². The number of hydrogen-bond donors (Lipinski definition) is 0. The first-order valence-corrected chi connectivity index (χ1v) is 9.19. The number of carbonyl (C=O) groups excluding carboxylic acids is 2. The monoisotopic (exact) mass is 396 g/mol. The van der Waals surface area contributed by atoms with Crippen LogP contribution >= 0.6 is 0 Å². The molecule has 8 heteroatoms. The van der Waals surface area contributed by atoms with E-state index in [1.54, 1.807) is 53.3 Å². The van der Waals surface area contributed by atoms with Crippen LogP contribution < -0.4 is 4.74 Å². The van der Waals surface area contributed by atoms with Crippen molar-refractivity contribution < 1.29 is 19.1 Å². The minimum atomic E-state index is -0.611. The highest BCUT2D eigenvalue weighted by molar-refractivity contribution is 6.06. The SMILES string of the molecule is COc1cc2c(cc1-c1cnc(C)nc1)c(C(C)=O)nn2CC(=O)OC(C)(C)C. The first-order chi connectivity index (χ1) is 13.6. The molecule has 0 radical (unpaired) electrons. The molecule has 0 spiro atoms. The van der Waals surface area contributed by atoms with E-state index in [0.29, 0.717) is 22.5 Å². The maximum Gasteiger partial charge on any atom is 0.328 e. The van der Waals surface area contributed by atoms with E-state index in [1.807, 2.05) is 6.07 Å². The van der Waals surface area contributed by atoms with E-state index in [-0.39, 0.29) is 18.0 Å². The Morgan fingerprint density at radius 1 is 1.14 bits per heavy atom. The van der Waals surface area contributed by atoms with Crippen molar-refractivity contribution in [2.24, 2.45) is 0 Å². The van der Waals surface area contributed by atoms with Crippen LogP contribution in [0.4, 0.5) is 0 Å². The lowest BCUT2D eigenvalue weighted by molar-refractivity contribution is -0.155. The molecule has 1 aromatic carbocycles. The van der Waals surface area contributed by atoms with E-state index >= 15 is 0 Å². The zero-order valence-electron chi connectivity index (χ0n) is 17.4. The summed E-state index contributed by atoms with van der Waals surface area (Å²) in [5, 5.41) is 4.99. The van der Waals surface area contributed by atoms with E-state index in [9.17, 15) is 9.59 Å². The van der Waals surface area contributed by atoms with Crippen LogP contribution in [0.3, 0.4) is 0 Å². The molecule has 0 unspecified atom stereocenters. The van der Waals surface area contributed by atoms with Crippen molar-refractivity contribution in [1.82, 2.24) is 19.7 Å². The normalized spacial score (nSPS) is 11.5. The summed E-state index contributed by atoms with van der Waals surface area (Å²) < 4.78 is 12.4. The standard InChI is InChI=1S/C21H24N4O4/c1-12(26)20-16-7-15(14-9-22-13(2)23-10-14)18(28-6)8-17(16)25(24-20)11-19(27)29-21(3,4)5/h7-10H,11H2,1-6H3. The van der Waals surface area contributed by atoms with Gasteiger partial charge in [-0.05, 0) is 33.8 Å². The molecule has 0 N–H and O–H groups in total. The van der Waals surface area contributed by atoms with Crippen LogP contribution in [0, 0.1) is 6.92 Å². The van der Waals surface area contributed by atoms with E-state index in [0.717, 1.165) is 11.1 Å². The van der Waals surface area contributed by atoms with Crippen molar-refractivity contribution in [3.05, 3.63) is 36.0 Å². The van der Waals surface area contributed by atoms with E-state index in [1.165, 1.54) is 11.6 Å². The van der Waals surface area contributed by atoms with Gasteiger partial charge in [-0.25, -0.2) is 9.97 Å². The Morgan fingerprint density at radius 2 is 1.79 bits per heavy atom. The molecule has 0 saturated heterocycles. The van der Waals surface area contributed by atoms with Gasteiger partial charge in [0.05, 0.1) is 12.6 Å². The molecular formula is C21H24N4O4. The fraction of sp³-hybridized carbons (Fsp3) is 0.381. The lowest BCUT2D eigenvalue weighted by atomic mass is 10.0. The first-order valence-electron chi connectivity index (χ1n) is 9.19. The number of aromatic nitrogens is 4. The number of ketones is 1. The van der Waals surface area contributed by atoms with E-state index in [2.05, 4.69) is 15.1 Å². The second-order valence-electron chi connectivity index (χ2n) is 7.74. The molecule has 0 saturated carbocycles. The molecule has 0 aliphatic carbocycles. The van der Waals surface area contributed by atoms with Crippen LogP contribution in [-0.2, 0) is 16.1 Å². The van der Waals surface area contributed by atoms with Gasteiger partial charge in [-0.2, -0.15) is 5.10 Å². The maximum atomic E-state index is 12.3. The highest BCUT2D eigenvalue weighted by atomic mass is 16.6. The van der Waals surface area contributed by atoms with Gasteiger partial charge in [0.2, 0.25) is 0 Å². The van der Waals surface area contributed by atoms with Gasteiger partial charge in [0.15, 0.2) is 5.78 Å². The number of hydrogen-bond acceptors (Lipinski definition) is 7. The second-order valence-corrected chi connectivity index (χ2v) is 7.74. The number of aryl methyl sites for hydroxylation is 1. The summed E-state index contributed by atoms with van der Waals surface area (Å²) in [5.74, 6) is 0.579. The number of ether oxygens (including phenoxy) is 2. The Bertz CT molecular complexity index is 1080. The average Bonchev–Trinajstić information content (AvgIpc) is 2.97. The highest BCUT2D eigenvalue weighted by Gasteiger charge is 2.22. The van der Waals surface area contributed by atoms with Gasteiger partial charge in [-0.15, -0.1) is 0 Å². The summed E-state index contributed by atoms with van der Waals surface area (Å²) in [4.78, 5) is 33.0. The van der Waals surface area contributed by atoms with Gasteiger partial charge in [0.1, 0.15) is 29.4 Å². The largest absolute Gasteiger partial charge is 0.496 e. The first kappa shape index (κ1) is 20.4. The Morgan fingerprint density at radius 3 is 2.34 bits per heavy atom. The molecule has 0 aliphatic heterocycles. The molecule has 29 heavy (non-hydrogen) atoms. The Kier molecular flexibility index (Phi) is 5.37. The summed E-state index contributed by atoms with van der Waals surface area (Å²) in [6, 6.07) is 3.58. The lowest BCUT2D eigenvalue weighted by Gasteiger charge is -2.19. The predicted molar refractivity (Wildman–Crippen MR) is 108 cm³/mol. The maximum absolute atomic E-state index is 12.3. The van der Waals surface area contributed by atoms with Crippen LogP contribution in [0.25, 0.3) is 22.0 Å². The van der Waals surface area contributed by atoms with Gasteiger partial charge < -0.3 is 9.47 Å². The molecular weight excluding hydrogens is 372 g/mol. The third kappa shape index (κ3) is 4.42. The third-order valence-electron chi connectivity index (χ3n) is 4.20. The summed E-state index contributed by atoms with van der Waals surface area (Å²) >= 11 is 0. The Balaban J connectivity index is 2.14. The van der Waals surface area contributed by atoms with E-state index < -0.39 is 11.6 Å². The van der Waals surface area contributed by atoms with Crippen molar-refractivity contribution >= 4 is 22.7 Å². The Labute approximate surface area is 168 Å². The molecule has 0 amide bonds. The summed E-state index contributed by atoms with van der Waals surface area (Å²) in [6.45, 7) is 8.53. The zero-order chi connectivity index (χ0) is 21.3. The number of Topliss-reactive ketones (excluding diaryl/α,β-unsaturated/α-hetero) is 1. The number of nitrogens with zero attached hydrogens (tertiary/aromatic N) is 4. The van der Waals surface area contributed by atoms with Crippen molar-refractivity contribution in [2.75, 3.05) is 7.11 Å². The van der Waals surface area contributed by atoms with Gasteiger partial charge >= 0.3 is 5.97 Å². The molecule has 8 nitrogen and oxygen atoms in total. The fourth-order valence-electron chi connectivity index (χ4n) is 3.00. The van der Waals surface area contributed by atoms with Crippen molar-refractivity contribution in [2.45, 2.75) is 46.8 Å². The number of fused-ring (bicyclic) bond motifs is 1. The fourth-order valence-corrected chi connectivity index (χ4v) is 3.00. The predicted octanol–water partition coefficient (Wildman–Crippen LogP) is 3.35. The van der Waals surface area contributed by atoms with Crippen molar-refractivity contribution in [3.63, 3.8) is 0 Å². The smallest absolute Gasteiger partial charge is 0.328 e. The average molecular weight is 396 g/mol. The van der Waals surface area contributed by atoms with Gasteiger partial charge in [0, 0.05) is 41.9 Å². The molecule has 0 aliphatic rings. The number of esters is 1. The minimum Gasteiger partial charge on any atom is -0.496 e. The third-order valence-corrected chi connectivity index (χ3v) is 4.20. The number of rotatable bonds is 5. The molecule has 3 aromatic rings. The molecule has 0 bridgehead atoms. The molecule has 3 rings (SSSR count). The van der Waals surface area contributed by atoms with Gasteiger partial charge in [-0.1, -0.05) is 0 Å². The van der Waals surface area contributed by atoms with Gasteiger partial charge in [-0.3, -0.25) is 14.3 Å². The Hall–Kier alpha value is -3.29. The van der Waals surface area contributed by atoms with Crippen LogP contribution in [-0.4, -0.2) is 44.2 Å². The van der Waals surface area contributed by atoms with Crippen LogP contribution in [0.2, 0.25) is 0 Å². The molecule has 0 fully saturated rings. The molecule has 2 heterocycles. The van der Waals surface area contributed by atoms with Gasteiger partial charge in [0.25, 0.3) is 0 Å². The molecule has 2 aromatic heterocycles. The summed E-state index contributed by atoms with van der Waals surface area (Å²) in [5.41, 5.74) is 1.76. The zero-order valence-corrected chi connectivity index (χ0v) is 17.4. The summed E-state index contributed by atoms with van der Waals surface area (Å²) in [7, 11) is 1.56. The minimum absolute atomic E-state index is 0.114. The topological polar surface area (TPSA) is 96.2 Å². The summed E-state index contributed by atoms with van der Waals surface area (Å²) in [6.07, 6.45) is 3.40. The van der Waals surface area contributed by atoms with Crippen molar-refractivity contribution in [3.8, 4) is 16.9 Å².